The number of benzene rings is 1. The molecule has 0 aliphatic carbocycles. The highest BCUT2D eigenvalue weighted by Crippen LogP contribution is 2.24. The molecule has 154 valence electrons. The molecule has 1 aliphatic heterocycles. The SMILES string of the molecule is CCC1CCCCN1C(=O)COC(=O)/C=C/c1c(C)nn(-c2ccccc2)c1Cl. The molecule has 29 heavy (non-hydrogen) atoms. The normalized spacial score (nSPS) is 16.9. The zero-order valence-corrected chi connectivity index (χ0v) is 17.6. The Morgan fingerprint density at radius 2 is 2.03 bits per heavy atom. The first-order valence-electron chi connectivity index (χ1n) is 9.96. The Hall–Kier alpha value is -2.60. The summed E-state index contributed by atoms with van der Waals surface area (Å²) in [5.41, 5.74) is 2.17. The van der Waals surface area contributed by atoms with Crippen LogP contribution in [0.3, 0.4) is 0 Å². The van der Waals surface area contributed by atoms with Gasteiger partial charge in [0, 0.05) is 24.2 Å². The van der Waals surface area contributed by atoms with E-state index in [1.165, 1.54) is 6.08 Å². The predicted octanol–water partition coefficient (Wildman–Crippen LogP) is 4.18. The largest absolute Gasteiger partial charge is 0.452 e. The van der Waals surface area contributed by atoms with Gasteiger partial charge in [-0.15, -0.1) is 0 Å². The molecule has 7 heteroatoms. The van der Waals surface area contributed by atoms with E-state index >= 15 is 0 Å². The first-order valence-corrected chi connectivity index (χ1v) is 10.3. The van der Waals surface area contributed by atoms with E-state index in [1.54, 1.807) is 10.8 Å². The van der Waals surface area contributed by atoms with Crippen LogP contribution in [0.1, 0.15) is 43.9 Å². The number of carbonyl (C=O) groups is 2. The third-order valence-corrected chi connectivity index (χ3v) is 5.56. The number of nitrogens with zero attached hydrogens (tertiary/aromatic N) is 3. The molecule has 1 amide bonds. The smallest absolute Gasteiger partial charge is 0.331 e. The predicted molar refractivity (Wildman–Crippen MR) is 113 cm³/mol. The highest BCUT2D eigenvalue weighted by Gasteiger charge is 2.25. The van der Waals surface area contributed by atoms with Gasteiger partial charge in [-0.05, 0) is 50.8 Å². The molecular weight excluding hydrogens is 390 g/mol. The van der Waals surface area contributed by atoms with Crippen molar-refractivity contribution in [3.8, 4) is 5.69 Å². The van der Waals surface area contributed by atoms with Gasteiger partial charge in [-0.2, -0.15) is 5.10 Å². The Morgan fingerprint density at radius 1 is 1.28 bits per heavy atom. The van der Waals surface area contributed by atoms with E-state index < -0.39 is 5.97 Å². The van der Waals surface area contributed by atoms with Gasteiger partial charge in [0.05, 0.1) is 11.4 Å². The zero-order chi connectivity index (χ0) is 20.8. The van der Waals surface area contributed by atoms with Gasteiger partial charge in [0.15, 0.2) is 6.61 Å². The number of para-hydroxylation sites is 1. The van der Waals surface area contributed by atoms with Crippen molar-refractivity contribution < 1.29 is 14.3 Å². The summed E-state index contributed by atoms with van der Waals surface area (Å²) in [6.07, 6.45) is 6.93. The van der Waals surface area contributed by atoms with Crippen molar-refractivity contribution in [3.05, 3.63) is 52.8 Å². The van der Waals surface area contributed by atoms with E-state index in [0.29, 0.717) is 16.4 Å². The van der Waals surface area contributed by atoms with Gasteiger partial charge in [-0.1, -0.05) is 36.7 Å². The summed E-state index contributed by atoms with van der Waals surface area (Å²) in [5, 5.41) is 4.84. The summed E-state index contributed by atoms with van der Waals surface area (Å²) < 4.78 is 6.77. The number of aryl methyl sites for hydroxylation is 1. The second kappa shape index (κ2) is 9.74. The van der Waals surface area contributed by atoms with E-state index in [0.717, 1.165) is 37.9 Å². The molecule has 1 saturated heterocycles. The van der Waals surface area contributed by atoms with Gasteiger partial charge >= 0.3 is 5.97 Å². The molecule has 0 N–H and O–H groups in total. The minimum atomic E-state index is -0.577. The number of amides is 1. The fraction of sp³-hybridized carbons (Fsp3) is 0.409. The zero-order valence-electron chi connectivity index (χ0n) is 16.8. The average molecular weight is 416 g/mol. The molecule has 0 bridgehead atoms. The maximum absolute atomic E-state index is 12.4. The van der Waals surface area contributed by atoms with Crippen LogP contribution in [0.4, 0.5) is 0 Å². The monoisotopic (exact) mass is 415 g/mol. The number of rotatable bonds is 6. The molecule has 3 rings (SSSR count). The van der Waals surface area contributed by atoms with Crippen LogP contribution in [0, 0.1) is 6.92 Å². The molecule has 0 saturated carbocycles. The quantitative estimate of drug-likeness (QED) is 0.524. The lowest BCUT2D eigenvalue weighted by Crippen LogP contribution is -2.45. The van der Waals surface area contributed by atoms with Gasteiger partial charge in [0.1, 0.15) is 5.15 Å². The lowest BCUT2D eigenvalue weighted by molar-refractivity contribution is -0.150. The third kappa shape index (κ3) is 5.07. The Morgan fingerprint density at radius 3 is 2.76 bits per heavy atom. The third-order valence-electron chi connectivity index (χ3n) is 5.19. The molecule has 1 aromatic carbocycles. The highest BCUT2D eigenvalue weighted by atomic mass is 35.5. The molecule has 2 aromatic rings. The summed E-state index contributed by atoms with van der Waals surface area (Å²) >= 11 is 6.44. The Bertz CT molecular complexity index is 892. The molecule has 0 spiro atoms. The van der Waals surface area contributed by atoms with Crippen molar-refractivity contribution in [3.63, 3.8) is 0 Å². The molecule has 1 unspecified atom stereocenters. The van der Waals surface area contributed by atoms with Gasteiger partial charge in [0.2, 0.25) is 0 Å². The number of ether oxygens (including phenoxy) is 1. The van der Waals surface area contributed by atoms with Crippen molar-refractivity contribution in [2.75, 3.05) is 13.2 Å². The molecular formula is C22H26ClN3O3. The number of hydrogen-bond acceptors (Lipinski definition) is 4. The first kappa shape index (κ1) is 21.1. The number of hydrogen-bond donors (Lipinski definition) is 0. The van der Waals surface area contributed by atoms with Crippen molar-refractivity contribution in [1.29, 1.82) is 0 Å². The van der Waals surface area contributed by atoms with E-state index in [-0.39, 0.29) is 18.6 Å². The fourth-order valence-corrected chi connectivity index (χ4v) is 3.94. The maximum atomic E-state index is 12.4. The van der Waals surface area contributed by atoms with Crippen LogP contribution >= 0.6 is 11.6 Å². The second-order valence-electron chi connectivity index (χ2n) is 7.12. The van der Waals surface area contributed by atoms with Gasteiger partial charge in [0.25, 0.3) is 5.91 Å². The van der Waals surface area contributed by atoms with Gasteiger partial charge in [-0.25, -0.2) is 9.48 Å². The summed E-state index contributed by atoms with van der Waals surface area (Å²) in [5.74, 6) is -0.712. The number of likely N-dealkylation sites (tertiary alicyclic amines) is 1. The van der Waals surface area contributed by atoms with Crippen LogP contribution < -0.4 is 0 Å². The van der Waals surface area contributed by atoms with E-state index in [1.807, 2.05) is 42.2 Å². The Kier molecular flexibility index (Phi) is 7.09. The van der Waals surface area contributed by atoms with Crippen molar-refractivity contribution >= 4 is 29.6 Å². The number of halogens is 1. The minimum absolute atomic E-state index is 0.135. The van der Waals surface area contributed by atoms with Crippen LogP contribution in [0.5, 0.6) is 0 Å². The van der Waals surface area contributed by atoms with Crippen LogP contribution in [0.15, 0.2) is 36.4 Å². The summed E-state index contributed by atoms with van der Waals surface area (Å²) in [7, 11) is 0. The standard InChI is InChI=1S/C22H26ClN3O3/c1-3-17-9-7-8-14-25(17)20(27)15-29-21(28)13-12-19-16(2)24-26(22(19)23)18-10-5-4-6-11-18/h4-6,10-13,17H,3,7-9,14-15H2,1-2H3/b13-12+. The number of piperidine rings is 1. The van der Waals surface area contributed by atoms with Crippen LogP contribution in [0.25, 0.3) is 11.8 Å². The van der Waals surface area contributed by atoms with Crippen molar-refractivity contribution in [2.45, 2.75) is 45.6 Å². The first-order chi connectivity index (χ1) is 14.0. The molecule has 6 nitrogen and oxygen atoms in total. The van der Waals surface area contributed by atoms with Gasteiger partial charge < -0.3 is 9.64 Å². The van der Waals surface area contributed by atoms with Crippen LogP contribution in [-0.4, -0.2) is 45.8 Å². The summed E-state index contributed by atoms with van der Waals surface area (Å²) in [4.78, 5) is 26.3. The summed E-state index contributed by atoms with van der Waals surface area (Å²) in [6.45, 7) is 4.39. The van der Waals surface area contributed by atoms with Crippen LogP contribution in [-0.2, 0) is 14.3 Å². The molecule has 1 atom stereocenters. The summed E-state index contributed by atoms with van der Waals surface area (Å²) in [6, 6.07) is 9.76. The number of aromatic nitrogens is 2. The minimum Gasteiger partial charge on any atom is -0.452 e. The number of carbonyl (C=O) groups excluding carboxylic acids is 2. The topological polar surface area (TPSA) is 64.4 Å². The van der Waals surface area contributed by atoms with Crippen LogP contribution in [0.2, 0.25) is 5.15 Å². The highest BCUT2D eigenvalue weighted by molar-refractivity contribution is 6.31. The average Bonchev–Trinajstić information content (AvgIpc) is 3.04. The lowest BCUT2D eigenvalue weighted by atomic mass is 10.00. The Balaban J connectivity index is 1.61. The van der Waals surface area contributed by atoms with Gasteiger partial charge in [-0.3, -0.25) is 4.79 Å². The molecule has 2 heterocycles. The van der Waals surface area contributed by atoms with E-state index in [9.17, 15) is 9.59 Å². The molecule has 1 fully saturated rings. The van der Waals surface area contributed by atoms with E-state index in [4.69, 9.17) is 16.3 Å². The molecule has 1 aliphatic rings. The maximum Gasteiger partial charge on any atom is 0.331 e. The van der Waals surface area contributed by atoms with Crippen molar-refractivity contribution in [2.24, 2.45) is 0 Å². The lowest BCUT2D eigenvalue weighted by Gasteiger charge is -2.35. The second-order valence-corrected chi connectivity index (χ2v) is 7.48. The Labute approximate surface area is 176 Å². The number of esters is 1. The van der Waals surface area contributed by atoms with E-state index in [2.05, 4.69) is 12.0 Å². The molecule has 1 aromatic heterocycles. The van der Waals surface area contributed by atoms with Crippen molar-refractivity contribution in [1.82, 2.24) is 14.7 Å². The molecule has 0 radical (unpaired) electrons. The fourth-order valence-electron chi connectivity index (χ4n) is 3.61.